The van der Waals surface area contributed by atoms with Gasteiger partial charge in [0.15, 0.2) is 0 Å². The highest BCUT2D eigenvalue weighted by Gasteiger charge is 2.20. The van der Waals surface area contributed by atoms with Gasteiger partial charge in [-0.3, -0.25) is 0 Å². The van der Waals surface area contributed by atoms with Crippen molar-refractivity contribution in [2.45, 2.75) is 25.9 Å². The zero-order valence-corrected chi connectivity index (χ0v) is 10.1. The van der Waals surface area contributed by atoms with Crippen molar-refractivity contribution >= 4 is 17.6 Å². The summed E-state index contributed by atoms with van der Waals surface area (Å²) in [6, 6.07) is 4.79. The van der Waals surface area contributed by atoms with Crippen molar-refractivity contribution in [3.63, 3.8) is 0 Å². The van der Waals surface area contributed by atoms with Crippen LogP contribution >= 0.6 is 11.6 Å². The van der Waals surface area contributed by atoms with Crippen LogP contribution in [0.25, 0.3) is 0 Å². The van der Waals surface area contributed by atoms with Gasteiger partial charge in [0.25, 0.3) is 0 Å². The molecule has 1 unspecified atom stereocenters. The molecule has 16 heavy (non-hydrogen) atoms. The van der Waals surface area contributed by atoms with E-state index in [1.54, 1.807) is 12.1 Å². The molecule has 0 bridgehead atoms. The molecule has 0 spiro atoms. The molecule has 2 nitrogen and oxygen atoms in total. The van der Waals surface area contributed by atoms with Crippen LogP contribution < -0.4 is 0 Å². The molecule has 0 radical (unpaired) electrons. The van der Waals surface area contributed by atoms with Gasteiger partial charge in [-0.05, 0) is 23.6 Å². The molecule has 0 amide bonds. The van der Waals surface area contributed by atoms with Gasteiger partial charge in [0, 0.05) is 5.02 Å². The number of aryl methyl sites for hydroxylation is 1. The van der Waals surface area contributed by atoms with Crippen LogP contribution in [0.4, 0.5) is 4.39 Å². The molecule has 1 aromatic rings. The first-order valence-corrected chi connectivity index (χ1v) is 5.48. The Morgan fingerprint density at radius 3 is 2.75 bits per heavy atom. The zero-order valence-electron chi connectivity index (χ0n) is 9.30. The number of hydrogen-bond donors (Lipinski definition) is 0. The van der Waals surface area contributed by atoms with E-state index in [4.69, 9.17) is 11.6 Å². The third kappa shape index (κ3) is 2.95. The summed E-state index contributed by atoms with van der Waals surface area (Å²) < 4.78 is 17.8. The van der Waals surface area contributed by atoms with E-state index < -0.39 is 12.1 Å². The predicted octanol–water partition coefficient (Wildman–Crippen LogP) is 3.48. The first kappa shape index (κ1) is 13.0. The number of esters is 1. The molecule has 0 saturated carbocycles. The Labute approximate surface area is 99.4 Å². The Bertz CT molecular complexity index is 379. The number of rotatable bonds is 4. The highest BCUT2D eigenvalue weighted by atomic mass is 35.5. The summed E-state index contributed by atoms with van der Waals surface area (Å²) in [5.74, 6) is -0.903. The molecule has 0 aromatic heterocycles. The van der Waals surface area contributed by atoms with Crippen LogP contribution in [-0.2, 0) is 16.0 Å². The third-order valence-corrected chi connectivity index (χ3v) is 2.65. The predicted molar refractivity (Wildman–Crippen MR) is 61.3 cm³/mol. The van der Waals surface area contributed by atoms with Crippen LogP contribution in [0, 0.1) is 0 Å². The van der Waals surface area contributed by atoms with Crippen LogP contribution in [0.5, 0.6) is 0 Å². The summed E-state index contributed by atoms with van der Waals surface area (Å²) in [5.41, 5.74) is 1.20. The topological polar surface area (TPSA) is 26.3 Å². The Hall–Kier alpha value is -1.09. The van der Waals surface area contributed by atoms with E-state index in [1.807, 2.05) is 6.92 Å². The Kier molecular flexibility index (Phi) is 4.74. The fraction of sp³-hybridized carbons (Fsp3) is 0.417. The Morgan fingerprint density at radius 1 is 1.56 bits per heavy atom. The molecule has 0 aliphatic heterocycles. The highest BCUT2D eigenvalue weighted by molar-refractivity contribution is 6.31. The van der Waals surface area contributed by atoms with Crippen LogP contribution in [0.2, 0.25) is 5.02 Å². The minimum absolute atomic E-state index is 0.233. The lowest BCUT2D eigenvalue weighted by Gasteiger charge is -2.09. The molecule has 0 aliphatic carbocycles. The quantitative estimate of drug-likeness (QED) is 0.758. The van der Waals surface area contributed by atoms with Gasteiger partial charge in [0.1, 0.15) is 0 Å². The second-order valence-electron chi connectivity index (χ2n) is 3.49. The summed E-state index contributed by atoms with van der Waals surface area (Å²) in [6.07, 6.45) is 0.0434. The standard InChI is InChI=1S/C12H14ClFO2/c1-3-4-8-5-6-9(7-10(8)13)11(14)12(15)16-2/h5-7,11H,3-4H2,1-2H3. The van der Waals surface area contributed by atoms with Gasteiger partial charge in [0.05, 0.1) is 7.11 Å². The summed E-state index contributed by atoms with van der Waals surface area (Å²) >= 11 is 5.98. The average molecular weight is 245 g/mol. The normalized spacial score (nSPS) is 12.2. The van der Waals surface area contributed by atoms with Crippen LogP contribution in [0.15, 0.2) is 18.2 Å². The van der Waals surface area contributed by atoms with Gasteiger partial charge in [0.2, 0.25) is 6.17 Å². The van der Waals surface area contributed by atoms with Crippen molar-refractivity contribution in [1.29, 1.82) is 0 Å². The summed E-state index contributed by atoms with van der Waals surface area (Å²) in [7, 11) is 1.15. The molecule has 0 heterocycles. The molecule has 4 heteroatoms. The Balaban J connectivity index is 2.92. The molecule has 0 saturated heterocycles. The second kappa shape index (κ2) is 5.85. The van der Waals surface area contributed by atoms with Crippen molar-refractivity contribution in [3.05, 3.63) is 34.3 Å². The van der Waals surface area contributed by atoms with E-state index in [0.29, 0.717) is 5.02 Å². The minimum atomic E-state index is -1.77. The summed E-state index contributed by atoms with van der Waals surface area (Å²) in [6.45, 7) is 2.04. The molecule has 1 aromatic carbocycles. The first-order chi connectivity index (χ1) is 7.60. The lowest BCUT2D eigenvalue weighted by atomic mass is 10.0. The lowest BCUT2D eigenvalue weighted by Crippen LogP contribution is -2.09. The molecule has 1 atom stereocenters. The molecular formula is C12H14ClFO2. The molecule has 1 rings (SSSR count). The van der Waals surface area contributed by atoms with Crippen LogP contribution in [0.3, 0.4) is 0 Å². The lowest BCUT2D eigenvalue weighted by molar-refractivity contribution is -0.146. The summed E-state index contributed by atoms with van der Waals surface area (Å²) in [4.78, 5) is 11.0. The van der Waals surface area contributed by atoms with Gasteiger partial charge >= 0.3 is 5.97 Å². The smallest absolute Gasteiger partial charge is 0.345 e. The maximum absolute atomic E-state index is 13.5. The van der Waals surface area contributed by atoms with Gasteiger partial charge in [-0.2, -0.15) is 0 Å². The first-order valence-electron chi connectivity index (χ1n) is 5.10. The van der Waals surface area contributed by atoms with Gasteiger partial charge in [-0.25, -0.2) is 9.18 Å². The number of ether oxygens (including phenoxy) is 1. The molecule has 0 N–H and O–H groups in total. The second-order valence-corrected chi connectivity index (χ2v) is 3.89. The number of halogens is 2. The molecular weight excluding hydrogens is 231 g/mol. The number of methoxy groups -OCH3 is 1. The van der Waals surface area contributed by atoms with Crippen LogP contribution in [0.1, 0.15) is 30.6 Å². The molecule has 0 aliphatic rings. The maximum Gasteiger partial charge on any atom is 0.345 e. The van der Waals surface area contributed by atoms with Crippen molar-refractivity contribution in [3.8, 4) is 0 Å². The van der Waals surface area contributed by atoms with E-state index in [2.05, 4.69) is 4.74 Å². The number of hydrogen-bond acceptors (Lipinski definition) is 2. The summed E-state index contributed by atoms with van der Waals surface area (Å²) in [5, 5.41) is 0.492. The van der Waals surface area contributed by atoms with E-state index in [0.717, 1.165) is 25.5 Å². The fourth-order valence-corrected chi connectivity index (χ4v) is 1.72. The van der Waals surface area contributed by atoms with Crippen molar-refractivity contribution < 1.29 is 13.9 Å². The maximum atomic E-state index is 13.5. The Morgan fingerprint density at radius 2 is 2.25 bits per heavy atom. The SMILES string of the molecule is CCCc1ccc(C(F)C(=O)OC)cc1Cl. The van der Waals surface area contributed by atoms with Gasteiger partial charge in [-0.1, -0.05) is 37.1 Å². The van der Waals surface area contributed by atoms with Gasteiger partial charge < -0.3 is 4.74 Å². The minimum Gasteiger partial charge on any atom is -0.467 e. The van der Waals surface area contributed by atoms with E-state index in [9.17, 15) is 9.18 Å². The van der Waals surface area contributed by atoms with Crippen molar-refractivity contribution in [1.82, 2.24) is 0 Å². The van der Waals surface area contributed by atoms with Crippen molar-refractivity contribution in [2.75, 3.05) is 7.11 Å². The average Bonchev–Trinajstić information content (AvgIpc) is 2.30. The van der Waals surface area contributed by atoms with E-state index in [1.165, 1.54) is 6.07 Å². The largest absolute Gasteiger partial charge is 0.467 e. The fourth-order valence-electron chi connectivity index (χ4n) is 1.43. The molecule has 88 valence electrons. The van der Waals surface area contributed by atoms with E-state index in [-0.39, 0.29) is 5.56 Å². The highest BCUT2D eigenvalue weighted by Crippen LogP contribution is 2.25. The number of carbonyl (C=O) groups is 1. The van der Waals surface area contributed by atoms with E-state index >= 15 is 0 Å². The van der Waals surface area contributed by atoms with Crippen molar-refractivity contribution in [2.24, 2.45) is 0 Å². The third-order valence-electron chi connectivity index (χ3n) is 2.30. The van der Waals surface area contributed by atoms with Crippen LogP contribution in [-0.4, -0.2) is 13.1 Å². The number of benzene rings is 1. The number of carbonyl (C=O) groups excluding carboxylic acids is 1. The monoisotopic (exact) mass is 244 g/mol. The molecule has 0 fully saturated rings. The van der Waals surface area contributed by atoms with Gasteiger partial charge in [-0.15, -0.1) is 0 Å². The number of alkyl halides is 1. The zero-order chi connectivity index (χ0) is 12.1.